The first-order valence-electron chi connectivity index (χ1n) is 12.2. The Bertz CT molecular complexity index is 1320. The summed E-state index contributed by atoms with van der Waals surface area (Å²) in [5, 5.41) is 6.41. The zero-order valence-corrected chi connectivity index (χ0v) is 21.0. The Balaban J connectivity index is 0.00000133. The van der Waals surface area contributed by atoms with E-state index in [1.165, 1.54) is 28.1 Å². The van der Waals surface area contributed by atoms with Gasteiger partial charge in [-0.05, 0) is 61.7 Å². The molecule has 5 rings (SSSR count). The van der Waals surface area contributed by atoms with Gasteiger partial charge in [-0.25, -0.2) is 4.39 Å². The van der Waals surface area contributed by atoms with E-state index in [2.05, 4.69) is 28.7 Å². The van der Waals surface area contributed by atoms with E-state index in [1.54, 1.807) is 6.20 Å². The quantitative estimate of drug-likeness (QED) is 0.320. The van der Waals surface area contributed by atoms with E-state index in [-0.39, 0.29) is 11.7 Å². The van der Waals surface area contributed by atoms with Gasteiger partial charge >= 0.3 is 0 Å². The molecular formula is C28H34FN3O2. The van der Waals surface area contributed by atoms with Crippen LogP contribution in [0.3, 0.4) is 0 Å². The van der Waals surface area contributed by atoms with Gasteiger partial charge < -0.3 is 9.30 Å². The number of carbonyl (C=O) groups excluding carboxylic acids is 1. The third kappa shape index (κ3) is 4.16. The molecule has 3 heterocycles. The van der Waals surface area contributed by atoms with Crippen LogP contribution in [0.1, 0.15) is 69.4 Å². The van der Waals surface area contributed by atoms with Gasteiger partial charge in [0.05, 0.1) is 17.2 Å². The van der Waals surface area contributed by atoms with Crippen molar-refractivity contribution in [2.45, 2.75) is 60.3 Å². The van der Waals surface area contributed by atoms with Gasteiger partial charge in [0.2, 0.25) is 0 Å². The predicted octanol–water partition coefficient (Wildman–Crippen LogP) is 7.03. The van der Waals surface area contributed by atoms with Gasteiger partial charge in [0.1, 0.15) is 5.82 Å². The number of ether oxygens (including phenoxy) is 1. The number of rotatable bonds is 2. The fraction of sp³-hybridized carbons (Fsp3) is 0.429. The summed E-state index contributed by atoms with van der Waals surface area (Å²) >= 11 is 0. The zero-order chi connectivity index (χ0) is 24.6. The van der Waals surface area contributed by atoms with Gasteiger partial charge in [-0.3, -0.25) is 4.79 Å². The SMILES string of the molecule is CC.Cc1c(C2CCOCC2)n(-c2ccc(F)cc2)c2cc3cnn(C(=O)C(C)(C)C)c3cc12. The van der Waals surface area contributed by atoms with E-state index in [1.807, 2.05) is 46.8 Å². The largest absolute Gasteiger partial charge is 0.381 e. The lowest BCUT2D eigenvalue weighted by atomic mass is 9.93. The molecule has 2 aromatic heterocycles. The molecule has 0 N–H and O–H groups in total. The molecule has 0 unspecified atom stereocenters. The lowest BCUT2D eigenvalue weighted by Gasteiger charge is -2.25. The van der Waals surface area contributed by atoms with Crippen molar-refractivity contribution in [1.29, 1.82) is 0 Å². The van der Waals surface area contributed by atoms with Crippen LogP contribution in [0.25, 0.3) is 27.5 Å². The predicted molar refractivity (Wildman–Crippen MR) is 135 cm³/mol. The zero-order valence-electron chi connectivity index (χ0n) is 21.0. The van der Waals surface area contributed by atoms with Crippen LogP contribution in [0, 0.1) is 18.2 Å². The Morgan fingerprint density at radius 1 is 1.06 bits per heavy atom. The average Bonchev–Trinajstić information content (AvgIpc) is 3.37. The highest BCUT2D eigenvalue weighted by molar-refractivity contribution is 6.02. The Hall–Kier alpha value is -2.99. The minimum absolute atomic E-state index is 0.0351. The summed E-state index contributed by atoms with van der Waals surface area (Å²) in [6.45, 7) is 13.3. The number of aromatic nitrogens is 3. The van der Waals surface area contributed by atoms with E-state index in [0.717, 1.165) is 53.5 Å². The monoisotopic (exact) mass is 463 g/mol. The fourth-order valence-electron chi connectivity index (χ4n) is 4.79. The van der Waals surface area contributed by atoms with E-state index >= 15 is 0 Å². The second-order valence-electron chi connectivity index (χ2n) is 9.75. The summed E-state index contributed by atoms with van der Waals surface area (Å²) in [6.07, 6.45) is 3.66. The van der Waals surface area contributed by atoms with Gasteiger partial charge in [0, 0.05) is 46.7 Å². The highest BCUT2D eigenvalue weighted by Gasteiger charge is 2.28. The summed E-state index contributed by atoms with van der Waals surface area (Å²) in [4.78, 5) is 13.0. The summed E-state index contributed by atoms with van der Waals surface area (Å²) in [5.41, 5.74) is 4.69. The first kappa shape index (κ1) is 24.1. The van der Waals surface area contributed by atoms with Gasteiger partial charge in [0.15, 0.2) is 0 Å². The molecule has 0 aliphatic carbocycles. The van der Waals surface area contributed by atoms with Gasteiger partial charge in [-0.2, -0.15) is 9.78 Å². The molecular weight excluding hydrogens is 429 g/mol. The molecule has 34 heavy (non-hydrogen) atoms. The van der Waals surface area contributed by atoms with Crippen molar-refractivity contribution in [2.24, 2.45) is 5.41 Å². The molecule has 2 aromatic carbocycles. The molecule has 1 fully saturated rings. The first-order chi connectivity index (χ1) is 16.3. The average molecular weight is 464 g/mol. The number of fused-ring (bicyclic) bond motifs is 2. The van der Waals surface area contributed by atoms with Crippen molar-refractivity contribution < 1.29 is 13.9 Å². The van der Waals surface area contributed by atoms with Gasteiger partial charge in [-0.1, -0.05) is 34.6 Å². The van der Waals surface area contributed by atoms with Crippen LogP contribution in [-0.4, -0.2) is 33.5 Å². The molecule has 180 valence electrons. The maximum atomic E-state index is 13.7. The second kappa shape index (κ2) is 9.34. The van der Waals surface area contributed by atoms with Crippen molar-refractivity contribution >= 4 is 27.7 Å². The van der Waals surface area contributed by atoms with E-state index in [0.29, 0.717) is 5.92 Å². The number of halogens is 1. The molecule has 0 saturated carbocycles. The lowest BCUT2D eigenvalue weighted by molar-refractivity contribution is 0.0755. The Morgan fingerprint density at radius 3 is 2.32 bits per heavy atom. The summed E-state index contributed by atoms with van der Waals surface area (Å²) in [5.74, 6) is 0.0723. The Labute approximate surface area is 200 Å². The molecule has 5 nitrogen and oxygen atoms in total. The summed E-state index contributed by atoms with van der Waals surface area (Å²) in [7, 11) is 0. The molecule has 1 aliphatic heterocycles. The number of aryl methyl sites for hydroxylation is 1. The maximum Gasteiger partial charge on any atom is 0.252 e. The minimum Gasteiger partial charge on any atom is -0.381 e. The van der Waals surface area contributed by atoms with Gasteiger partial charge in [-0.15, -0.1) is 0 Å². The van der Waals surface area contributed by atoms with E-state index in [9.17, 15) is 9.18 Å². The highest BCUT2D eigenvalue weighted by atomic mass is 19.1. The van der Waals surface area contributed by atoms with Crippen LogP contribution in [-0.2, 0) is 4.74 Å². The minimum atomic E-state index is -0.531. The molecule has 0 atom stereocenters. The Kier molecular flexibility index (Phi) is 6.63. The van der Waals surface area contributed by atoms with Crippen LogP contribution >= 0.6 is 0 Å². The highest BCUT2D eigenvalue weighted by Crippen LogP contribution is 2.39. The van der Waals surface area contributed by atoms with Crippen LogP contribution < -0.4 is 0 Å². The summed E-state index contributed by atoms with van der Waals surface area (Å²) < 4.78 is 23.1. The third-order valence-electron chi connectivity index (χ3n) is 6.48. The second-order valence-corrected chi connectivity index (χ2v) is 9.75. The topological polar surface area (TPSA) is 49.0 Å². The molecule has 0 radical (unpaired) electrons. The van der Waals surface area contributed by atoms with Crippen LogP contribution in [0.2, 0.25) is 0 Å². The molecule has 1 saturated heterocycles. The van der Waals surface area contributed by atoms with Crippen LogP contribution in [0.5, 0.6) is 0 Å². The van der Waals surface area contributed by atoms with Crippen molar-refractivity contribution in [2.75, 3.05) is 13.2 Å². The third-order valence-corrected chi connectivity index (χ3v) is 6.48. The maximum absolute atomic E-state index is 13.7. The van der Waals surface area contributed by atoms with Crippen molar-refractivity contribution in [3.8, 4) is 5.69 Å². The molecule has 4 aromatic rings. The molecule has 6 heteroatoms. The standard InChI is InChI=1S/C26H28FN3O2.C2H6/c1-16-21-14-22-18(15-28-30(22)25(31)26(2,3)4)13-23(21)29(20-7-5-19(27)6-8-20)24(16)17-9-11-32-12-10-17;1-2/h5-8,13-15,17H,9-12H2,1-4H3;1-2H3. The molecule has 1 aliphatic rings. The van der Waals surface area contributed by atoms with Crippen molar-refractivity contribution in [3.63, 3.8) is 0 Å². The molecule has 0 bridgehead atoms. The number of nitrogens with zero attached hydrogens (tertiary/aromatic N) is 3. The molecule has 0 amide bonds. The number of carbonyl (C=O) groups is 1. The van der Waals surface area contributed by atoms with Crippen LogP contribution in [0.4, 0.5) is 4.39 Å². The fourth-order valence-corrected chi connectivity index (χ4v) is 4.79. The van der Waals surface area contributed by atoms with Gasteiger partial charge in [0.25, 0.3) is 5.91 Å². The Morgan fingerprint density at radius 2 is 1.71 bits per heavy atom. The van der Waals surface area contributed by atoms with E-state index in [4.69, 9.17) is 4.74 Å². The van der Waals surface area contributed by atoms with Crippen molar-refractivity contribution in [1.82, 2.24) is 14.3 Å². The normalized spacial score (nSPS) is 14.9. The van der Waals surface area contributed by atoms with Crippen LogP contribution in [0.15, 0.2) is 42.6 Å². The number of benzene rings is 2. The first-order valence-corrected chi connectivity index (χ1v) is 12.2. The number of hydrogen-bond donors (Lipinski definition) is 0. The molecule has 0 spiro atoms. The van der Waals surface area contributed by atoms with E-state index < -0.39 is 5.41 Å². The summed E-state index contributed by atoms with van der Waals surface area (Å²) in [6, 6.07) is 10.8. The van der Waals surface area contributed by atoms with Crippen molar-refractivity contribution in [3.05, 3.63) is 59.7 Å². The number of hydrogen-bond acceptors (Lipinski definition) is 3. The smallest absolute Gasteiger partial charge is 0.252 e. The lowest BCUT2D eigenvalue weighted by Crippen LogP contribution is -2.27.